The van der Waals surface area contributed by atoms with Crippen LogP contribution in [0.15, 0.2) is 48.1 Å². The Kier molecular flexibility index (Phi) is 12.6. The Balaban J connectivity index is 1.43. The van der Waals surface area contributed by atoms with Gasteiger partial charge in [-0.25, -0.2) is 0 Å². The van der Waals surface area contributed by atoms with Crippen molar-refractivity contribution in [1.29, 1.82) is 0 Å². The molecule has 0 saturated carbocycles. The molecular formula is C28H45N. The Morgan fingerprint density at radius 2 is 1.31 bits per heavy atom. The summed E-state index contributed by atoms with van der Waals surface area (Å²) in [6, 6.07) is 8.35. The van der Waals surface area contributed by atoms with E-state index in [0.29, 0.717) is 0 Å². The average molecular weight is 396 g/mol. The van der Waals surface area contributed by atoms with E-state index in [-0.39, 0.29) is 0 Å². The maximum atomic E-state index is 5.80. The van der Waals surface area contributed by atoms with Gasteiger partial charge >= 0.3 is 0 Å². The zero-order valence-corrected chi connectivity index (χ0v) is 19.0. The molecule has 1 unspecified atom stereocenters. The van der Waals surface area contributed by atoms with Gasteiger partial charge in [-0.3, -0.25) is 0 Å². The van der Waals surface area contributed by atoms with Crippen molar-refractivity contribution in [3.05, 3.63) is 53.6 Å². The number of hydrogen-bond acceptors (Lipinski definition) is 1. The van der Waals surface area contributed by atoms with Gasteiger partial charge in [0.25, 0.3) is 0 Å². The first-order chi connectivity index (χ1) is 14.3. The molecule has 0 bridgehead atoms. The summed E-state index contributed by atoms with van der Waals surface area (Å²) in [5.41, 5.74) is 9.59. The molecule has 1 atom stereocenters. The second-order valence-corrected chi connectivity index (χ2v) is 9.12. The highest BCUT2D eigenvalue weighted by Crippen LogP contribution is 2.26. The largest absolute Gasteiger partial charge is 0.399 e. The zero-order chi connectivity index (χ0) is 20.6. The lowest BCUT2D eigenvalue weighted by Gasteiger charge is -2.18. The molecule has 1 aromatic rings. The topological polar surface area (TPSA) is 26.0 Å². The molecule has 29 heavy (non-hydrogen) atoms. The van der Waals surface area contributed by atoms with Gasteiger partial charge in [0.2, 0.25) is 0 Å². The van der Waals surface area contributed by atoms with Crippen LogP contribution >= 0.6 is 0 Å². The fraction of sp³-hybridized carbons (Fsp3) is 0.643. The second-order valence-electron chi connectivity index (χ2n) is 9.12. The quantitative estimate of drug-likeness (QED) is 0.219. The van der Waals surface area contributed by atoms with Crippen LogP contribution in [0.3, 0.4) is 0 Å². The average Bonchev–Trinajstić information content (AvgIpc) is 2.73. The molecule has 0 fully saturated rings. The number of allylic oxidation sites excluding steroid dienone is 4. The van der Waals surface area contributed by atoms with Crippen molar-refractivity contribution in [2.24, 2.45) is 5.92 Å². The first-order valence-corrected chi connectivity index (χ1v) is 12.5. The highest BCUT2D eigenvalue weighted by molar-refractivity contribution is 5.40. The summed E-state index contributed by atoms with van der Waals surface area (Å²) in [4.78, 5) is 0. The lowest BCUT2D eigenvalue weighted by Crippen LogP contribution is -2.04. The monoisotopic (exact) mass is 395 g/mol. The molecule has 0 radical (unpaired) electrons. The molecular weight excluding hydrogens is 350 g/mol. The van der Waals surface area contributed by atoms with Gasteiger partial charge in [-0.05, 0) is 42.9 Å². The molecule has 162 valence electrons. The number of nitrogen functional groups attached to an aromatic ring is 1. The highest BCUT2D eigenvalue weighted by Gasteiger charge is 2.11. The zero-order valence-electron chi connectivity index (χ0n) is 19.0. The number of hydrogen-bond donors (Lipinski definition) is 1. The third kappa shape index (κ3) is 11.3. The van der Waals surface area contributed by atoms with Crippen LogP contribution in [0.4, 0.5) is 5.69 Å². The fourth-order valence-corrected chi connectivity index (χ4v) is 4.47. The summed E-state index contributed by atoms with van der Waals surface area (Å²) in [5.74, 6) is 0.747. The van der Waals surface area contributed by atoms with Gasteiger partial charge in [0, 0.05) is 5.69 Å². The highest BCUT2D eigenvalue weighted by atomic mass is 14.5. The Labute approximate surface area is 180 Å². The molecule has 0 spiro atoms. The van der Waals surface area contributed by atoms with Crippen LogP contribution in [0.2, 0.25) is 0 Å². The summed E-state index contributed by atoms with van der Waals surface area (Å²) in [6.07, 6.45) is 29.3. The normalized spacial score (nSPS) is 16.2. The van der Waals surface area contributed by atoms with Crippen LogP contribution in [-0.2, 0) is 6.42 Å². The Hall–Kier alpha value is -1.50. The fourth-order valence-electron chi connectivity index (χ4n) is 4.47. The van der Waals surface area contributed by atoms with Gasteiger partial charge in [0.05, 0.1) is 0 Å². The van der Waals surface area contributed by atoms with Gasteiger partial charge in [-0.1, -0.05) is 126 Å². The molecule has 2 rings (SSSR count). The van der Waals surface area contributed by atoms with E-state index in [1.54, 1.807) is 5.57 Å². The van der Waals surface area contributed by atoms with Gasteiger partial charge in [-0.15, -0.1) is 0 Å². The number of anilines is 1. The van der Waals surface area contributed by atoms with Crippen LogP contribution in [0, 0.1) is 5.92 Å². The molecule has 0 aromatic heterocycles. The Bertz CT molecular complexity index is 581. The minimum atomic E-state index is 0.747. The molecule has 1 heteroatoms. The minimum Gasteiger partial charge on any atom is -0.399 e. The van der Waals surface area contributed by atoms with E-state index in [1.165, 1.54) is 102 Å². The van der Waals surface area contributed by atoms with Crippen molar-refractivity contribution < 1.29 is 0 Å². The molecule has 1 aromatic carbocycles. The second kappa shape index (κ2) is 15.4. The first-order valence-electron chi connectivity index (χ1n) is 12.5. The minimum absolute atomic E-state index is 0.747. The maximum absolute atomic E-state index is 5.80. The summed E-state index contributed by atoms with van der Waals surface area (Å²) in [6.45, 7) is 2.29. The van der Waals surface area contributed by atoms with E-state index in [1.807, 2.05) is 12.1 Å². The van der Waals surface area contributed by atoms with E-state index in [2.05, 4.69) is 37.3 Å². The van der Waals surface area contributed by atoms with Crippen molar-refractivity contribution in [1.82, 2.24) is 0 Å². The standard InChI is InChI=1S/C28H45N/c1-2-3-4-5-6-7-8-9-10-11-12-13-14-16-25-17-15-18-27(23-25)24-26-19-21-28(29)22-20-26/h15,17-22,25H,2-14,16,23-24,29H2,1H3. The van der Waals surface area contributed by atoms with Gasteiger partial charge in [0.15, 0.2) is 0 Å². The molecule has 0 amide bonds. The smallest absolute Gasteiger partial charge is 0.0314 e. The number of rotatable bonds is 16. The molecule has 1 aliphatic rings. The third-order valence-corrected chi connectivity index (χ3v) is 6.33. The summed E-state index contributed by atoms with van der Waals surface area (Å²) in [7, 11) is 0. The van der Waals surface area contributed by atoms with Crippen LogP contribution < -0.4 is 5.73 Å². The van der Waals surface area contributed by atoms with Crippen LogP contribution in [0.25, 0.3) is 0 Å². The SMILES string of the molecule is CCCCCCCCCCCCCCCC1C=CC=C(Cc2ccc(N)cc2)C1. The van der Waals surface area contributed by atoms with E-state index in [9.17, 15) is 0 Å². The predicted octanol–water partition coefficient (Wildman–Crippen LogP) is 8.80. The van der Waals surface area contributed by atoms with E-state index < -0.39 is 0 Å². The predicted molar refractivity (Wildman–Crippen MR) is 130 cm³/mol. The lowest BCUT2D eigenvalue weighted by atomic mass is 9.87. The van der Waals surface area contributed by atoms with Gasteiger partial charge in [0.1, 0.15) is 0 Å². The van der Waals surface area contributed by atoms with Crippen molar-refractivity contribution in [3.8, 4) is 0 Å². The molecule has 0 saturated heterocycles. The van der Waals surface area contributed by atoms with Crippen molar-refractivity contribution >= 4 is 5.69 Å². The summed E-state index contributed by atoms with van der Waals surface area (Å²) < 4.78 is 0. The molecule has 0 heterocycles. The molecule has 1 nitrogen and oxygen atoms in total. The van der Waals surface area contributed by atoms with Crippen molar-refractivity contribution in [3.63, 3.8) is 0 Å². The number of benzene rings is 1. The van der Waals surface area contributed by atoms with Gasteiger partial charge in [-0.2, -0.15) is 0 Å². The molecule has 1 aliphatic carbocycles. The maximum Gasteiger partial charge on any atom is 0.0314 e. The first kappa shape index (κ1) is 23.8. The van der Waals surface area contributed by atoms with Crippen LogP contribution in [0.1, 0.15) is 109 Å². The number of nitrogens with two attached hydrogens (primary N) is 1. The Morgan fingerprint density at radius 3 is 1.90 bits per heavy atom. The van der Waals surface area contributed by atoms with Crippen molar-refractivity contribution in [2.75, 3.05) is 5.73 Å². The van der Waals surface area contributed by atoms with E-state index in [0.717, 1.165) is 18.0 Å². The third-order valence-electron chi connectivity index (χ3n) is 6.33. The van der Waals surface area contributed by atoms with E-state index in [4.69, 9.17) is 5.73 Å². The Morgan fingerprint density at radius 1 is 0.759 bits per heavy atom. The lowest BCUT2D eigenvalue weighted by molar-refractivity contribution is 0.500. The summed E-state index contributed by atoms with van der Waals surface area (Å²) in [5, 5.41) is 0. The summed E-state index contributed by atoms with van der Waals surface area (Å²) >= 11 is 0. The van der Waals surface area contributed by atoms with Crippen LogP contribution in [0.5, 0.6) is 0 Å². The van der Waals surface area contributed by atoms with Crippen molar-refractivity contribution in [2.45, 2.75) is 110 Å². The molecule has 2 N–H and O–H groups in total. The van der Waals surface area contributed by atoms with E-state index >= 15 is 0 Å². The molecule has 0 aliphatic heterocycles. The van der Waals surface area contributed by atoms with Gasteiger partial charge < -0.3 is 5.73 Å². The van der Waals surface area contributed by atoms with Crippen LogP contribution in [-0.4, -0.2) is 0 Å². The number of unbranched alkanes of at least 4 members (excludes halogenated alkanes) is 12.